The third-order valence-corrected chi connectivity index (χ3v) is 12.2. The van der Waals surface area contributed by atoms with Gasteiger partial charge >= 0.3 is 5.97 Å². The van der Waals surface area contributed by atoms with Crippen molar-refractivity contribution in [2.75, 3.05) is 39.4 Å². The molecule has 0 saturated carbocycles. The first-order valence-corrected chi connectivity index (χ1v) is 24.3. The van der Waals surface area contributed by atoms with Crippen LogP contribution in [0.5, 0.6) is 5.75 Å². The SMILES string of the molecule is CC(C)C[C@H](NC(=O)[C@H](C)NC(=O)[C@H](CCCCN)NC(=O)[C@H](CCCN=C(N)N)NC(=O)[C@@H]1CCCN1C(=O)[C@H](CO)NC(=O)[C@H](CO)NC(=O)[C@@H]1CCCN1C(=O)[C@@H](N)Cc1ccc(O)cc1)C(=O)O. The Bertz CT molecular complexity index is 2060. The van der Waals surface area contributed by atoms with Gasteiger partial charge in [0.15, 0.2) is 5.96 Å². The minimum Gasteiger partial charge on any atom is -0.508 e. The fraction of sp³-hybridized carbons (Fsp3) is 0.652. The van der Waals surface area contributed by atoms with Gasteiger partial charge in [-0.25, -0.2) is 4.79 Å². The molecule has 8 amide bonds. The number of aliphatic carboxylic acids is 1. The molecule has 26 nitrogen and oxygen atoms in total. The minimum atomic E-state index is -1.65. The summed E-state index contributed by atoms with van der Waals surface area (Å²) in [7, 11) is 0. The molecule has 72 heavy (non-hydrogen) atoms. The summed E-state index contributed by atoms with van der Waals surface area (Å²) in [4.78, 5) is 127. The van der Waals surface area contributed by atoms with Crippen LogP contribution < -0.4 is 54.8 Å². The van der Waals surface area contributed by atoms with E-state index >= 15 is 0 Å². The molecule has 0 unspecified atom stereocenters. The van der Waals surface area contributed by atoms with Gasteiger partial charge in [0.05, 0.1) is 19.3 Å². The summed E-state index contributed by atoms with van der Waals surface area (Å²) in [5.41, 5.74) is 23.5. The normalized spacial score (nSPS) is 18.3. The number of hydrogen-bond donors (Lipinski definition) is 14. The minimum absolute atomic E-state index is 0.00503. The molecule has 18 N–H and O–H groups in total. The molecule has 2 aliphatic heterocycles. The Morgan fingerprint density at radius 2 is 1.17 bits per heavy atom. The van der Waals surface area contributed by atoms with Gasteiger partial charge in [-0.1, -0.05) is 26.0 Å². The summed E-state index contributed by atoms with van der Waals surface area (Å²) in [6, 6.07) is -5.39. The highest BCUT2D eigenvalue weighted by atomic mass is 16.4. The van der Waals surface area contributed by atoms with Crippen molar-refractivity contribution in [3.05, 3.63) is 29.8 Å². The number of amides is 8. The largest absolute Gasteiger partial charge is 0.508 e. The van der Waals surface area contributed by atoms with Gasteiger partial charge in [0.1, 0.15) is 54.1 Å². The van der Waals surface area contributed by atoms with Crippen LogP contribution in [0.1, 0.15) is 90.5 Å². The van der Waals surface area contributed by atoms with Crippen molar-refractivity contribution in [1.29, 1.82) is 0 Å². The van der Waals surface area contributed by atoms with E-state index in [1.54, 1.807) is 26.0 Å². The van der Waals surface area contributed by atoms with Gasteiger partial charge in [-0.3, -0.25) is 43.3 Å². The molecule has 1 aromatic carbocycles. The fourth-order valence-corrected chi connectivity index (χ4v) is 8.36. The van der Waals surface area contributed by atoms with E-state index < -0.39 is 121 Å². The lowest BCUT2D eigenvalue weighted by molar-refractivity contribution is -0.144. The van der Waals surface area contributed by atoms with E-state index in [1.165, 1.54) is 24.0 Å². The van der Waals surface area contributed by atoms with Gasteiger partial charge in [0.2, 0.25) is 47.3 Å². The number of nitrogens with two attached hydrogens (primary N) is 4. The van der Waals surface area contributed by atoms with Crippen molar-refractivity contribution in [2.45, 2.75) is 146 Å². The Morgan fingerprint density at radius 1 is 0.667 bits per heavy atom. The van der Waals surface area contributed by atoms with Crippen molar-refractivity contribution in [1.82, 2.24) is 41.7 Å². The van der Waals surface area contributed by atoms with E-state index in [0.717, 1.165) is 4.90 Å². The zero-order valence-corrected chi connectivity index (χ0v) is 41.2. The third kappa shape index (κ3) is 18.5. The highest BCUT2D eigenvalue weighted by Crippen LogP contribution is 2.22. The van der Waals surface area contributed by atoms with Crippen LogP contribution in [0.25, 0.3) is 0 Å². The maximum absolute atomic E-state index is 14.0. The molecule has 402 valence electrons. The quantitative estimate of drug-likeness (QED) is 0.0204. The molecule has 3 rings (SSSR count). The smallest absolute Gasteiger partial charge is 0.326 e. The van der Waals surface area contributed by atoms with Crippen LogP contribution >= 0.6 is 0 Å². The van der Waals surface area contributed by atoms with Crippen molar-refractivity contribution >= 4 is 59.2 Å². The van der Waals surface area contributed by atoms with E-state index in [4.69, 9.17) is 22.9 Å². The molecular weight excluding hydrogens is 943 g/mol. The second kappa shape index (κ2) is 29.6. The molecule has 0 radical (unpaired) electrons. The zero-order valence-electron chi connectivity index (χ0n) is 41.2. The van der Waals surface area contributed by atoms with Crippen LogP contribution in [-0.2, 0) is 49.6 Å². The molecule has 26 heteroatoms. The Morgan fingerprint density at radius 3 is 1.71 bits per heavy atom. The Labute approximate surface area is 418 Å². The van der Waals surface area contributed by atoms with Crippen molar-refractivity contribution < 1.29 is 63.6 Å². The fourth-order valence-electron chi connectivity index (χ4n) is 8.36. The first kappa shape index (κ1) is 59.7. The number of carboxylic acids is 1. The predicted molar refractivity (Wildman–Crippen MR) is 261 cm³/mol. The number of phenolic OH excluding ortho intramolecular Hbond substituents is 1. The van der Waals surface area contributed by atoms with Crippen molar-refractivity contribution in [3.63, 3.8) is 0 Å². The molecular formula is C46H75N13O13. The second-order valence-electron chi connectivity index (χ2n) is 18.5. The number of benzene rings is 1. The number of carbonyl (C=O) groups is 9. The van der Waals surface area contributed by atoms with Crippen LogP contribution in [0.3, 0.4) is 0 Å². The van der Waals surface area contributed by atoms with E-state index in [1.807, 2.05) is 0 Å². The molecule has 0 spiro atoms. The third-order valence-electron chi connectivity index (χ3n) is 12.2. The van der Waals surface area contributed by atoms with Crippen molar-refractivity contribution in [3.8, 4) is 5.75 Å². The van der Waals surface area contributed by atoms with Crippen LogP contribution in [-0.4, -0.2) is 183 Å². The summed E-state index contributed by atoms with van der Waals surface area (Å²) in [6.45, 7) is 3.59. The van der Waals surface area contributed by atoms with Crippen LogP contribution in [0.15, 0.2) is 29.3 Å². The van der Waals surface area contributed by atoms with E-state index in [-0.39, 0.29) is 88.8 Å². The van der Waals surface area contributed by atoms with Crippen molar-refractivity contribution in [2.24, 2.45) is 33.8 Å². The number of aliphatic imine (C=N–C) groups is 1. The van der Waals surface area contributed by atoms with Crippen LogP contribution in [0.2, 0.25) is 0 Å². The number of nitrogens with one attached hydrogen (secondary N) is 6. The molecule has 9 atom stereocenters. The number of likely N-dealkylation sites (tertiary alicyclic amines) is 2. The summed E-state index contributed by atoms with van der Waals surface area (Å²) in [6.07, 6.45) is 2.39. The number of carbonyl (C=O) groups excluding carboxylic acids is 8. The highest BCUT2D eigenvalue weighted by Gasteiger charge is 2.41. The summed E-state index contributed by atoms with van der Waals surface area (Å²) in [5.74, 6) is -7.83. The summed E-state index contributed by atoms with van der Waals surface area (Å²) >= 11 is 0. The number of guanidine groups is 1. The maximum Gasteiger partial charge on any atom is 0.326 e. The molecule has 2 aliphatic rings. The monoisotopic (exact) mass is 1020 g/mol. The van der Waals surface area contributed by atoms with E-state index in [2.05, 4.69) is 36.9 Å². The number of aromatic hydroxyl groups is 1. The topological polar surface area (TPSA) is 430 Å². The van der Waals surface area contributed by atoms with Crippen LogP contribution in [0.4, 0.5) is 0 Å². The molecule has 0 aromatic heterocycles. The first-order chi connectivity index (χ1) is 34.1. The average Bonchev–Trinajstić information content (AvgIpc) is 4.04. The Hall–Kier alpha value is -6.64. The van der Waals surface area contributed by atoms with Gasteiger partial charge in [0.25, 0.3) is 0 Å². The number of rotatable bonds is 29. The highest BCUT2D eigenvalue weighted by molar-refractivity contribution is 5.98. The van der Waals surface area contributed by atoms with Gasteiger partial charge in [-0.15, -0.1) is 0 Å². The maximum atomic E-state index is 14.0. The Kier molecular flexibility index (Phi) is 24.6. The number of aliphatic hydroxyl groups excluding tert-OH is 2. The number of carboxylic acid groups (broad SMARTS) is 1. The lowest BCUT2D eigenvalue weighted by Crippen LogP contribution is -2.61. The summed E-state index contributed by atoms with van der Waals surface area (Å²) < 4.78 is 0. The van der Waals surface area contributed by atoms with E-state index in [9.17, 15) is 63.6 Å². The standard InChI is InChI=1S/C46H75N13O13/c1-25(2)21-32(45(71)72)55-37(63)26(3)52-38(64)30(9-4-5-17-47)53-39(65)31(10-6-18-51-46(49)50)54-41(67)36-12-8-20-59(36)44(70)34(24-61)57-40(66)33(23-60)56-42(68)35-11-7-19-58(35)43(69)29(48)22-27-13-15-28(62)16-14-27/h13-16,25-26,29-36,60-62H,4-12,17-24,47-48H2,1-3H3,(H,52,64)(H,53,65)(H,54,67)(H,55,63)(H,56,68)(H,57,66)(H,71,72)(H4,49,50,51)/t26-,29-,30-,31-,32-,33-,34-,35-,36-/m0/s1. The molecule has 0 aliphatic carbocycles. The molecule has 0 bridgehead atoms. The molecule has 2 heterocycles. The van der Waals surface area contributed by atoms with Crippen LogP contribution in [0, 0.1) is 5.92 Å². The number of unbranched alkanes of at least 4 members (excludes halogenated alkanes) is 1. The van der Waals surface area contributed by atoms with Gasteiger partial charge < -0.3 is 85.1 Å². The zero-order chi connectivity index (χ0) is 53.7. The number of nitrogens with zero attached hydrogens (tertiary/aromatic N) is 3. The average molecular weight is 1020 g/mol. The first-order valence-electron chi connectivity index (χ1n) is 24.3. The molecule has 2 fully saturated rings. The van der Waals surface area contributed by atoms with Gasteiger partial charge in [-0.2, -0.15) is 0 Å². The van der Waals surface area contributed by atoms with E-state index in [0.29, 0.717) is 31.2 Å². The number of phenols is 1. The molecule has 2 saturated heterocycles. The number of aliphatic hydroxyl groups is 2. The lowest BCUT2D eigenvalue weighted by Gasteiger charge is -2.30. The molecule has 1 aromatic rings. The van der Waals surface area contributed by atoms with Gasteiger partial charge in [0, 0.05) is 19.6 Å². The lowest BCUT2D eigenvalue weighted by atomic mass is 10.0. The Balaban J connectivity index is 1.72. The number of hydrogen-bond acceptors (Lipinski definition) is 15. The van der Waals surface area contributed by atoms with Gasteiger partial charge in [-0.05, 0) is 108 Å². The second-order valence-corrected chi connectivity index (χ2v) is 18.5. The summed E-state index contributed by atoms with van der Waals surface area (Å²) in [5, 5.41) is 54.6. The predicted octanol–water partition coefficient (Wildman–Crippen LogP) is -4.53.